The van der Waals surface area contributed by atoms with Gasteiger partial charge in [-0.05, 0) is 90.6 Å². The summed E-state index contributed by atoms with van der Waals surface area (Å²) in [6.45, 7) is 7.25. The summed E-state index contributed by atoms with van der Waals surface area (Å²) >= 11 is 0. The van der Waals surface area contributed by atoms with Crippen molar-refractivity contribution in [2.75, 3.05) is 52.9 Å². The fraction of sp³-hybridized carbons (Fsp3) is 0.944. The second-order valence-electron chi connectivity index (χ2n) is 13.1. The highest BCUT2D eigenvalue weighted by atomic mass is 16.2. The molecular formula is C36H77N7O2. The van der Waals surface area contributed by atoms with Crippen LogP contribution in [-0.2, 0) is 9.59 Å². The van der Waals surface area contributed by atoms with Crippen LogP contribution < -0.4 is 33.2 Å². The summed E-state index contributed by atoms with van der Waals surface area (Å²) in [6.07, 6.45) is 26.9. The van der Waals surface area contributed by atoms with Crippen molar-refractivity contribution < 1.29 is 9.59 Å². The minimum Gasteiger partial charge on any atom is -0.344 e. The molecule has 0 aromatic rings. The molecule has 45 heavy (non-hydrogen) atoms. The zero-order chi connectivity index (χ0) is 33.2. The molecule has 0 saturated carbocycles. The predicted molar refractivity (Wildman–Crippen MR) is 193 cm³/mol. The molecule has 0 aliphatic carbocycles. The largest absolute Gasteiger partial charge is 0.344 e. The van der Waals surface area contributed by atoms with Crippen LogP contribution in [0, 0.1) is 0 Å². The zero-order valence-electron chi connectivity index (χ0n) is 29.9. The topological polar surface area (TPSA) is 152 Å². The number of hydrogen-bond acceptors (Lipinski definition) is 7. The van der Waals surface area contributed by atoms with Crippen LogP contribution in [0.1, 0.15) is 155 Å². The van der Waals surface area contributed by atoms with Crippen molar-refractivity contribution in [2.45, 2.75) is 167 Å². The van der Waals surface area contributed by atoms with Crippen LogP contribution in [0.15, 0.2) is 0 Å². The van der Waals surface area contributed by atoms with Gasteiger partial charge in [0.05, 0.1) is 6.04 Å². The van der Waals surface area contributed by atoms with Gasteiger partial charge in [-0.3, -0.25) is 9.59 Å². The van der Waals surface area contributed by atoms with Gasteiger partial charge >= 0.3 is 0 Å². The number of hydrogen-bond donors (Lipinski definition) is 6. The van der Waals surface area contributed by atoms with Gasteiger partial charge in [-0.1, -0.05) is 103 Å². The van der Waals surface area contributed by atoms with E-state index in [0.29, 0.717) is 39.0 Å². The molecule has 0 fully saturated rings. The summed E-state index contributed by atoms with van der Waals surface area (Å²) in [5.41, 5.74) is 17.0. The van der Waals surface area contributed by atoms with Crippen molar-refractivity contribution in [1.29, 1.82) is 0 Å². The SMILES string of the molecule is CCCCCCCCCCCCCCCCCCN(C)C(=O)C(CCCCN)NC(=O)[C@H](CCCNCCCN)NCCCN. The number of nitrogens with zero attached hydrogens (tertiary/aromatic N) is 1. The molecular weight excluding hydrogens is 562 g/mol. The number of nitrogens with one attached hydrogen (secondary N) is 3. The van der Waals surface area contributed by atoms with Crippen LogP contribution in [0.3, 0.4) is 0 Å². The Morgan fingerprint density at radius 2 is 1.02 bits per heavy atom. The molecule has 0 bridgehead atoms. The summed E-state index contributed by atoms with van der Waals surface area (Å²) in [7, 11) is 1.87. The van der Waals surface area contributed by atoms with E-state index in [2.05, 4.69) is 22.9 Å². The molecule has 0 aromatic carbocycles. The Kier molecular flexibility index (Phi) is 33.1. The van der Waals surface area contributed by atoms with Crippen LogP contribution >= 0.6 is 0 Å². The minimum absolute atomic E-state index is 0.00508. The highest BCUT2D eigenvalue weighted by Crippen LogP contribution is 2.14. The van der Waals surface area contributed by atoms with Crippen LogP contribution in [0.25, 0.3) is 0 Å². The van der Waals surface area contributed by atoms with Gasteiger partial charge in [0, 0.05) is 13.6 Å². The van der Waals surface area contributed by atoms with Crippen LogP contribution in [0.4, 0.5) is 0 Å². The first kappa shape index (κ1) is 43.7. The molecule has 0 spiro atoms. The second-order valence-corrected chi connectivity index (χ2v) is 13.1. The molecule has 9 N–H and O–H groups in total. The lowest BCUT2D eigenvalue weighted by Crippen LogP contribution is -2.53. The molecule has 0 aliphatic rings. The number of likely N-dealkylation sites (N-methyl/N-ethyl adjacent to an activating group) is 1. The molecule has 0 aromatic heterocycles. The van der Waals surface area contributed by atoms with Gasteiger partial charge in [0.2, 0.25) is 11.8 Å². The van der Waals surface area contributed by atoms with E-state index in [-0.39, 0.29) is 17.9 Å². The van der Waals surface area contributed by atoms with E-state index in [1.54, 1.807) is 0 Å². The Morgan fingerprint density at radius 3 is 1.56 bits per heavy atom. The normalized spacial score (nSPS) is 12.7. The number of nitrogens with two attached hydrogens (primary N) is 3. The lowest BCUT2D eigenvalue weighted by Gasteiger charge is -2.27. The highest BCUT2D eigenvalue weighted by molar-refractivity contribution is 5.89. The standard InChI is InChI=1S/C36H77N7O2/c1-3-4-5-6-7-8-9-10-11-12-13-14-15-16-17-20-32-43(2)36(45)34(24-18-19-26-37)42-35(44)33(41-31-23-28-39)25-21-29-40-30-22-27-38/h33-34,40-41H,3-32,37-39H2,1-2H3,(H,42,44)/t33-,34?/m0/s1. The van der Waals surface area contributed by atoms with Gasteiger partial charge in [-0.15, -0.1) is 0 Å². The lowest BCUT2D eigenvalue weighted by atomic mass is 10.0. The molecule has 0 aliphatic heterocycles. The van der Waals surface area contributed by atoms with E-state index in [4.69, 9.17) is 17.2 Å². The first-order valence-electron chi connectivity index (χ1n) is 19.1. The van der Waals surface area contributed by atoms with Crippen molar-refractivity contribution in [1.82, 2.24) is 20.9 Å². The van der Waals surface area contributed by atoms with Gasteiger partial charge in [-0.25, -0.2) is 0 Å². The number of amides is 2. The number of carbonyl (C=O) groups is 2. The summed E-state index contributed by atoms with van der Waals surface area (Å²) in [5.74, 6) is -0.0959. The molecule has 0 heterocycles. The van der Waals surface area contributed by atoms with Crippen molar-refractivity contribution >= 4 is 11.8 Å². The van der Waals surface area contributed by atoms with E-state index in [1.165, 1.54) is 89.9 Å². The van der Waals surface area contributed by atoms with E-state index in [1.807, 2.05) is 11.9 Å². The van der Waals surface area contributed by atoms with Gasteiger partial charge in [0.15, 0.2) is 0 Å². The van der Waals surface area contributed by atoms with E-state index in [9.17, 15) is 9.59 Å². The van der Waals surface area contributed by atoms with E-state index < -0.39 is 6.04 Å². The molecule has 2 amide bonds. The third-order valence-electron chi connectivity index (χ3n) is 8.78. The Morgan fingerprint density at radius 1 is 0.556 bits per heavy atom. The average Bonchev–Trinajstić information content (AvgIpc) is 3.04. The minimum atomic E-state index is -0.517. The highest BCUT2D eigenvalue weighted by Gasteiger charge is 2.27. The summed E-state index contributed by atoms with van der Waals surface area (Å²) in [4.78, 5) is 28.6. The molecule has 0 radical (unpaired) electrons. The zero-order valence-corrected chi connectivity index (χ0v) is 29.9. The maximum atomic E-state index is 13.4. The van der Waals surface area contributed by atoms with Gasteiger partial charge in [0.25, 0.3) is 0 Å². The Balaban J connectivity index is 4.41. The lowest BCUT2D eigenvalue weighted by molar-refractivity contribution is -0.136. The predicted octanol–water partition coefficient (Wildman–Crippen LogP) is 5.35. The van der Waals surface area contributed by atoms with Gasteiger partial charge < -0.3 is 38.1 Å². The first-order valence-corrected chi connectivity index (χ1v) is 19.1. The summed E-state index contributed by atoms with van der Waals surface area (Å²) in [5, 5.41) is 9.84. The van der Waals surface area contributed by atoms with Gasteiger partial charge in [0.1, 0.15) is 6.04 Å². The molecule has 9 nitrogen and oxygen atoms in total. The molecule has 2 atom stereocenters. The van der Waals surface area contributed by atoms with Gasteiger partial charge in [-0.2, -0.15) is 0 Å². The smallest absolute Gasteiger partial charge is 0.244 e. The van der Waals surface area contributed by atoms with E-state index in [0.717, 1.165) is 64.6 Å². The monoisotopic (exact) mass is 640 g/mol. The molecule has 9 heteroatoms. The number of rotatable bonds is 35. The molecule has 1 unspecified atom stereocenters. The molecule has 268 valence electrons. The Hall–Kier alpha value is -1.26. The molecule has 0 saturated heterocycles. The summed E-state index contributed by atoms with van der Waals surface area (Å²) < 4.78 is 0. The Labute approximate surface area is 278 Å². The molecule has 0 rings (SSSR count). The van der Waals surface area contributed by atoms with Crippen LogP contribution in [0.5, 0.6) is 0 Å². The van der Waals surface area contributed by atoms with Crippen molar-refractivity contribution in [3.05, 3.63) is 0 Å². The van der Waals surface area contributed by atoms with Crippen molar-refractivity contribution in [2.24, 2.45) is 17.2 Å². The maximum Gasteiger partial charge on any atom is 0.244 e. The third kappa shape index (κ3) is 27.6. The average molecular weight is 640 g/mol. The van der Waals surface area contributed by atoms with Crippen LogP contribution in [-0.4, -0.2) is 81.7 Å². The fourth-order valence-electron chi connectivity index (χ4n) is 5.78. The Bertz CT molecular complexity index is 653. The quantitative estimate of drug-likeness (QED) is 0.0512. The van der Waals surface area contributed by atoms with Crippen molar-refractivity contribution in [3.8, 4) is 0 Å². The maximum absolute atomic E-state index is 13.4. The second kappa shape index (κ2) is 34.1. The number of unbranched alkanes of at least 4 members (excludes halogenated alkanes) is 16. The first-order chi connectivity index (χ1) is 22.0. The van der Waals surface area contributed by atoms with Crippen LogP contribution in [0.2, 0.25) is 0 Å². The third-order valence-corrected chi connectivity index (χ3v) is 8.78. The number of carbonyl (C=O) groups excluding carboxylic acids is 2. The summed E-state index contributed by atoms with van der Waals surface area (Å²) in [6, 6.07) is -0.861. The fourth-order valence-corrected chi connectivity index (χ4v) is 5.78. The van der Waals surface area contributed by atoms with Crippen molar-refractivity contribution in [3.63, 3.8) is 0 Å². The van der Waals surface area contributed by atoms with E-state index >= 15 is 0 Å².